The zero-order valence-electron chi connectivity index (χ0n) is 14.2. The van der Waals surface area contributed by atoms with Crippen molar-refractivity contribution >= 4 is 0 Å². The van der Waals surface area contributed by atoms with Crippen molar-refractivity contribution in [1.29, 1.82) is 5.26 Å². The molecule has 21 heavy (non-hydrogen) atoms. The molecule has 3 atom stereocenters. The molecule has 2 rings (SSSR count). The van der Waals surface area contributed by atoms with E-state index < -0.39 is 0 Å². The Kier molecular flexibility index (Phi) is 5.65. The zero-order chi connectivity index (χ0) is 15.5. The van der Waals surface area contributed by atoms with Crippen LogP contribution in [0.2, 0.25) is 0 Å². The standard InChI is InChI=1S/C17H32N4/c1-14(2)19-17(13-18)9-5-7-15(11-17)21(4)12-16-8-6-10-20(16)3/h14-16,19H,5-12H2,1-4H3. The van der Waals surface area contributed by atoms with E-state index in [1.165, 1.54) is 25.8 Å². The Morgan fingerprint density at radius 2 is 2.14 bits per heavy atom. The molecule has 1 saturated heterocycles. The lowest BCUT2D eigenvalue weighted by molar-refractivity contribution is 0.115. The number of nitrogens with zero attached hydrogens (tertiary/aromatic N) is 3. The third-order valence-corrected chi connectivity index (χ3v) is 5.30. The highest BCUT2D eigenvalue weighted by molar-refractivity contribution is 5.11. The van der Waals surface area contributed by atoms with E-state index in [2.05, 4.69) is 49.1 Å². The van der Waals surface area contributed by atoms with E-state index in [0.29, 0.717) is 18.1 Å². The van der Waals surface area contributed by atoms with Gasteiger partial charge in [0, 0.05) is 24.7 Å². The lowest BCUT2D eigenvalue weighted by atomic mass is 9.79. The van der Waals surface area contributed by atoms with Crippen LogP contribution in [0, 0.1) is 11.3 Å². The summed E-state index contributed by atoms with van der Waals surface area (Å²) >= 11 is 0. The normalized spacial score (nSPS) is 34.5. The molecule has 120 valence electrons. The lowest BCUT2D eigenvalue weighted by Crippen LogP contribution is -2.55. The average molecular weight is 292 g/mol. The van der Waals surface area contributed by atoms with Crippen molar-refractivity contribution in [3.05, 3.63) is 0 Å². The van der Waals surface area contributed by atoms with Gasteiger partial charge < -0.3 is 9.80 Å². The van der Waals surface area contributed by atoms with Crippen molar-refractivity contribution in [2.75, 3.05) is 27.2 Å². The summed E-state index contributed by atoms with van der Waals surface area (Å²) in [6.07, 6.45) is 7.00. The van der Waals surface area contributed by atoms with Gasteiger partial charge >= 0.3 is 0 Å². The van der Waals surface area contributed by atoms with Gasteiger partial charge in [-0.15, -0.1) is 0 Å². The highest BCUT2D eigenvalue weighted by Crippen LogP contribution is 2.31. The van der Waals surface area contributed by atoms with Crippen molar-refractivity contribution in [2.45, 2.75) is 76.0 Å². The highest BCUT2D eigenvalue weighted by Gasteiger charge is 2.38. The molecule has 1 N–H and O–H groups in total. The minimum atomic E-state index is -0.313. The fourth-order valence-corrected chi connectivity index (χ4v) is 4.13. The number of nitriles is 1. The lowest BCUT2D eigenvalue weighted by Gasteiger charge is -2.42. The molecule has 0 aromatic heterocycles. The van der Waals surface area contributed by atoms with Gasteiger partial charge in [-0.2, -0.15) is 5.26 Å². The summed E-state index contributed by atoms with van der Waals surface area (Å²) < 4.78 is 0. The van der Waals surface area contributed by atoms with Crippen LogP contribution in [0.25, 0.3) is 0 Å². The molecule has 0 aromatic rings. The Balaban J connectivity index is 1.94. The minimum Gasteiger partial charge on any atom is -0.302 e. The van der Waals surface area contributed by atoms with E-state index in [1.54, 1.807) is 0 Å². The van der Waals surface area contributed by atoms with Gasteiger partial charge in [0.15, 0.2) is 0 Å². The van der Waals surface area contributed by atoms with Gasteiger partial charge in [-0.3, -0.25) is 5.32 Å². The van der Waals surface area contributed by atoms with Gasteiger partial charge in [0.05, 0.1) is 6.07 Å². The molecule has 0 amide bonds. The van der Waals surface area contributed by atoms with Crippen molar-refractivity contribution < 1.29 is 0 Å². The molecule has 4 nitrogen and oxygen atoms in total. The topological polar surface area (TPSA) is 42.3 Å². The summed E-state index contributed by atoms with van der Waals surface area (Å²) in [5, 5.41) is 13.2. The molecule has 2 aliphatic rings. The SMILES string of the molecule is CC(C)NC1(C#N)CCCC(N(C)CC2CCCN2C)C1. The van der Waals surface area contributed by atoms with Gasteiger partial charge in [0.1, 0.15) is 5.54 Å². The first-order chi connectivity index (χ1) is 9.96. The number of likely N-dealkylation sites (tertiary alicyclic amines) is 1. The minimum absolute atomic E-state index is 0.313. The van der Waals surface area contributed by atoms with Crippen molar-refractivity contribution in [3.8, 4) is 6.07 Å². The molecule has 0 spiro atoms. The zero-order valence-corrected chi connectivity index (χ0v) is 14.2. The molecule has 4 heteroatoms. The number of hydrogen-bond donors (Lipinski definition) is 1. The molecule has 0 radical (unpaired) electrons. The maximum Gasteiger partial charge on any atom is 0.108 e. The summed E-state index contributed by atoms with van der Waals surface area (Å²) in [5.74, 6) is 0. The first kappa shape index (κ1) is 16.7. The first-order valence-corrected chi connectivity index (χ1v) is 8.55. The summed E-state index contributed by atoms with van der Waals surface area (Å²) in [5.41, 5.74) is -0.313. The quantitative estimate of drug-likeness (QED) is 0.843. The van der Waals surface area contributed by atoms with E-state index in [4.69, 9.17) is 0 Å². The second-order valence-electron chi connectivity index (χ2n) is 7.46. The van der Waals surface area contributed by atoms with Gasteiger partial charge in [-0.05, 0) is 73.0 Å². The summed E-state index contributed by atoms with van der Waals surface area (Å²) in [6.45, 7) is 6.66. The molecule has 1 saturated carbocycles. The van der Waals surface area contributed by atoms with Gasteiger partial charge in [0.25, 0.3) is 0 Å². The average Bonchev–Trinajstić information content (AvgIpc) is 2.84. The maximum absolute atomic E-state index is 9.68. The second kappa shape index (κ2) is 7.09. The van der Waals surface area contributed by atoms with Crippen LogP contribution < -0.4 is 5.32 Å². The summed E-state index contributed by atoms with van der Waals surface area (Å²) in [7, 11) is 4.49. The molecule has 1 aliphatic heterocycles. The van der Waals surface area contributed by atoms with E-state index in [1.807, 2.05) is 0 Å². The van der Waals surface area contributed by atoms with Crippen LogP contribution in [0.1, 0.15) is 52.4 Å². The smallest absolute Gasteiger partial charge is 0.108 e. The Morgan fingerprint density at radius 1 is 1.38 bits per heavy atom. The van der Waals surface area contributed by atoms with E-state index in [-0.39, 0.29) is 5.54 Å². The fourth-order valence-electron chi connectivity index (χ4n) is 4.13. The molecule has 1 heterocycles. The van der Waals surface area contributed by atoms with Gasteiger partial charge in [-0.1, -0.05) is 0 Å². The number of hydrogen-bond acceptors (Lipinski definition) is 4. The van der Waals surface area contributed by atoms with Gasteiger partial charge in [0.2, 0.25) is 0 Å². The summed E-state index contributed by atoms with van der Waals surface area (Å²) in [6, 6.07) is 4.20. The van der Waals surface area contributed by atoms with Crippen LogP contribution in [0.15, 0.2) is 0 Å². The fraction of sp³-hybridized carbons (Fsp3) is 0.941. The Bertz CT molecular complexity index is 375. The second-order valence-corrected chi connectivity index (χ2v) is 7.46. The van der Waals surface area contributed by atoms with Crippen LogP contribution in [0.5, 0.6) is 0 Å². The molecule has 3 unspecified atom stereocenters. The van der Waals surface area contributed by atoms with Crippen LogP contribution in [-0.2, 0) is 0 Å². The molecule has 1 aliphatic carbocycles. The van der Waals surface area contributed by atoms with Gasteiger partial charge in [-0.25, -0.2) is 0 Å². The largest absolute Gasteiger partial charge is 0.302 e. The van der Waals surface area contributed by atoms with Crippen molar-refractivity contribution in [1.82, 2.24) is 15.1 Å². The van der Waals surface area contributed by atoms with E-state index in [9.17, 15) is 5.26 Å². The van der Waals surface area contributed by atoms with Crippen LogP contribution in [-0.4, -0.2) is 60.6 Å². The molecular formula is C17H32N4. The molecule has 2 fully saturated rings. The Morgan fingerprint density at radius 3 is 2.71 bits per heavy atom. The first-order valence-electron chi connectivity index (χ1n) is 8.55. The number of nitrogens with one attached hydrogen (secondary N) is 1. The molecule has 0 aromatic carbocycles. The Labute approximate surface area is 130 Å². The van der Waals surface area contributed by atoms with Crippen LogP contribution >= 0.6 is 0 Å². The molecular weight excluding hydrogens is 260 g/mol. The maximum atomic E-state index is 9.68. The van der Waals surface area contributed by atoms with E-state index in [0.717, 1.165) is 25.8 Å². The predicted octanol–water partition coefficient (Wildman–Crippen LogP) is 2.22. The van der Waals surface area contributed by atoms with Crippen molar-refractivity contribution in [3.63, 3.8) is 0 Å². The van der Waals surface area contributed by atoms with Crippen LogP contribution in [0.4, 0.5) is 0 Å². The summed E-state index contributed by atoms with van der Waals surface area (Å²) in [4.78, 5) is 5.00. The Hall–Kier alpha value is -0.630. The number of likely N-dealkylation sites (N-methyl/N-ethyl adjacent to an activating group) is 2. The van der Waals surface area contributed by atoms with Crippen LogP contribution in [0.3, 0.4) is 0 Å². The third kappa shape index (κ3) is 4.18. The van der Waals surface area contributed by atoms with Crippen molar-refractivity contribution in [2.24, 2.45) is 0 Å². The monoisotopic (exact) mass is 292 g/mol. The number of rotatable bonds is 5. The predicted molar refractivity (Wildman–Crippen MR) is 87.2 cm³/mol. The third-order valence-electron chi connectivity index (χ3n) is 5.30. The highest BCUT2D eigenvalue weighted by atomic mass is 15.2. The molecule has 0 bridgehead atoms. The van der Waals surface area contributed by atoms with E-state index >= 15 is 0 Å².